The predicted molar refractivity (Wildman–Crippen MR) is 56.0 cm³/mol. The number of rotatable bonds is 7. The van der Waals surface area contributed by atoms with Gasteiger partial charge in [0, 0.05) is 0 Å². The van der Waals surface area contributed by atoms with E-state index in [1.165, 1.54) is 0 Å². The number of nitrogens with one attached hydrogen (secondary N) is 1. The Labute approximate surface area is 102 Å². The average molecular weight is 271 g/mol. The maximum absolute atomic E-state index is 11.8. The molecule has 0 aliphatic rings. The monoisotopic (exact) mass is 271 g/mol. The van der Waals surface area contributed by atoms with Gasteiger partial charge in [-0.2, -0.15) is 13.2 Å². The molecule has 2 N–H and O–H groups in total. The minimum Gasteiger partial charge on any atom is -0.480 e. The highest BCUT2D eigenvalue weighted by atomic mass is 19.4. The smallest absolute Gasteiger partial charge is 0.411 e. The lowest BCUT2D eigenvalue weighted by Crippen LogP contribution is -2.54. The fraction of sp³-hybridized carbons (Fsp3) is 0.800. The summed E-state index contributed by atoms with van der Waals surface area (Å²) in [7, 11) is 0. The molecule has 0 unspecified atom stereocenters. The van der Waals surface area contributed by atoms with Gasteiger partial charge < -0.3 is 15.2 Å². The second kappa shape index (κ2) is 6.58. The van der Waals surface area contributed by atoms with Gasteiger partial charge in [-0.15, -0.1) is 0 Å². The fourth-order valence-corrected chi connectivity index (χ4v) is 1.35. The van der Waals surface area contributed by atoms with Gasteiger partial charge >= 0.3 is 12.1 Å². The van der Waals surface area contributed by atoms with Crippen molar-refractivity contribution in [2.75, 3.05) is 13.2 Å². The van der Waals surface area contributed by atoms with Crippen LogP contribution in [0.5, 0.6) is 0 Å². The van der Waals surface area contributed by atoms with E-state index in [4.69, 9.17) is 5.11 Å². The SMILES string of the molecule is CCC(CC)(NC(=O)COCC(F)(F)F)C(=O)O. The summed E-state index contributed by atoms with van der Waals surface area (Å²) in [5.41, 5.74) is -1.46. The van der Waals surface area contributed by atoms with Gasteiger partial charge in [-0.05, 0) is 12.8 Å². The molecular formula is C10H16F3NO4. The zero-order valence-corrected chi connectivity index (χ0v) is 10.1. The topological polar surface area (TPSA) is 75.6 Å². The molecule has 0 spiro atoms. The number of hydrogen-bond acceptors (Lipinski definition) is 3. The first-order chi connectivity index (χ1) is 8.17. The summed E-state index contributed by atoms with van der Waals surface area (Å²) in [5.74, 6) is -2.11. The largest absolute Gasteiger partial charge is 0.480 e. The number of aliphatic carboxylic acids is 1. The van der Waals surface area contributed by atoms with Crippen LogP contribution in [-0.4, -0.2) is 41.9 Å². The van der Waals surface area contributed by atoms with Crippen molar-refractivity contribution in [1.29, 1.82) is 0 Å². The van der Waals surface area contributed by atoms with Crippen molar-refractivity contribution in [2.24, 2.45) is 0 Å². The molecule has 0 saturated heterocycles. The Morgan fingerprint density at radius 3 is 2.06 bits per heavy atom. The van der Waals surface area contributed by atoms with E-state index in [9.17, 15) is 22.8 Å². The zero-order chi connectivity index (χ0) is 14.4. The predicted octanol–water partition coefficient (Wildman–Crippen LogP) is 1.32. The maximum atomic E-state index is 11.8. The third-order valence-electron chi connectivity index (χ3n) is 2.49. The van der Waals surface area contributed by atoms with Crippen LogP contribution < -0.4 is 5.32 Å². The summed E-state index contributed by atoms with van der Waals surface area (Å²) >= 11 is 0. The molecule has 0 aliphatic heterocycles. The summed E-state index contributed by atoms with van der Waals surface area (Å²) in [6.45, 7) is 0.760. The van der Waals surface area contributed by atoms with Crippen molar-refractivity contribution >= 4 is 11.9 Å². The van der Waals surface area contributed by atoms with Crippen molar-refractivity contribution in [3.63, 3.8) is 0 Å². The molecule has 0 aromatic rings. The van der Waals surface area contributed by atoms with Crippen LogP contribution in [0.2, 0.25) is 0 Å². The summed E-state index contributed by atoms with van der Waals surface area (Å²) in [4.78, 5) is 22.3. The molecule has 0 radical (unpaired) electrons. The quantitative estimate of drug-likeness (QED) is 0.732. The molecule has 0 atom stereocenters. The Kier molecular flexibility index (Phi) is 6.10. The molecule has 106 valence electrons. The standard InChI is InChI=1S/C10H16F3NO4/c1-3-9(4-2,8(16)17)14-7(15)5-18-6-10(11,12)13/h3-6H2,1-2H3,(H,14,15)(H,16,17). The van der Waals surface area contributed by atoms with Crippen LogP contribution in [0.4, 0.5) is 13.2 Å². The van der Waals surface area contributed by atoms with E-state index in [0.717, 1.165) is 0 Å². The molecule has 0 rings (SSSR count). The number of carbonyl (C=O) groups is 2. The molecule has 0 saturated carbocycles. The molecular weight excluding hydrogens is 255 g/mol. The van der Waals surface area contributed by atoms with E-state index in [0.29, 0.717) is 0 Å². The van der Waals surface area contributed by atoms with Crippen LogP contribution in [-0.2, 0) is 14.3 Å². The van der Waals surface area contributed by atoms with Crippen LogP contribution in [0.25, 0.3) is 0 Å². The molecule has 0 aliphatic carbocycles. The van der Waals surface area contributed by atoms with Crippen LogP contribution in [0, 0.1) is 0 Å². The number of carboxylic acid groups (broad SMARTS) is 1. The number of ether oxygens (including phenoxy) is 1. The summed E-state index contributed by atoms with van der Waals surface area (Å²) in [6, 6.07) is 0. The Morgan fingerprint density at radius 2 is 1.72 bits per heavy atom. The molecule has 0 aromatic carbocycles. The van der Waals surface area contributed by atoms with Gasteiger partial charge in [0.1, 0.15) is 18.8 Å². The van der Waals surface area contributed by atoms with Crippen molar-refractivity contribution < 1.29 is 32.6 Å². The Bertz CT molecular complexity index is 300. The second-order valence-corrected chi connectivity index (χ2v) is 3.75. The minimum absolute atomic E-state index is 0.129. The van der Waals surface area contributed by atoms with E-state index in [-0.39, 0.29) is 12.8 Å². The maximum Gasteiger partial charge on any atom is 0.411 e. The Balaban J connectivity index is 4.33. The third-order valence-corrected chi connectivity index (χ3v) is 2.49. The van der Waals surface area contributed by atoms with Crippen LogP contribution in [0.15, 0.2) is 0 Å². The molecule has 18 heavy (non-hydrogen) atoms. The van der Waals surface area contributed by atoms with Gasteiger partial charge in [-0.1, -0.05) is 13.8 Å². The van der Waals surface area contributed by atoms with Crippen LogP contribution in [0.1, 0.15) is 26.7 Å². The molecule has 0 fully saturated rings. The molecule has 8 heteroatoms. The average Bonchev–Trinajstić information content (AvgIpc) is 2.23. The van der Waals surface area contributed by atoms with E-state index >= 15 is 0 Å². The first-order valence-electron chi connectivity index (χ1n) is 5.35. The van der Waals surface area contributed by atoms with Crippen molar-refractivity contribution in [3.8, 4) is 0 Å². The highest BCUT2D eigenvalue weighted by Gasteiger charge is 2.36. The normalized spacial score (nSPS) is 12.3. The second-order valence-electron chi connectivity index (χ2n) is 3.75. The van der Waals surface area contributed by atoms with E-state index in [1.807, 2.05) is 0 Å². The van der Waals surface area contributed by atoms with Crippen molar-refractivity contribution in [1.82, 2.24) is 5.32 Å². The van der Waals surface area contributed by atoms with Crippen LogP contribution >= 0.6 is 0 Å². The molecule has 0 aromatic heterocycles. The van der Waals surface area contributed by atoms with Gasteiger partial charge in [-0.25, -0.2) is 4.79 Å². The highest BCUT2D eigenvalue weighted by molar-refractivity contribution is 5.87. The molecule has 5 nitrogen and oxygen atoms in total. The Hall–Kier alpha value is -1.31. The van der Waals surface area contributed by atoms with Crippen molar-refractivity contribution in [2.45, 2.75) is 38.4 Å². The number of amides is 1. The summed E-state index contributed by atoms with van der Waals surface area (Å²) in [5, 5.41) is 11.2. The first-order valence-corrected chi connectivity index (χ1v) is 5.35. The summed E-state index contributed by atoms with van der Waals surface area (Å²) < 4.78 is 39.4. The van der Waals surface area contributed by atoms with Gasteiger partial charge in [0.25, 0.3) is 0 Å². The number of hydrogen-bond donors (Lipinski definition) is 2. The van der Waals surface area contributed by atoms with Crippen molar-refractivity contribution in [3.05, 3.63) is 0 Å². The number of alkyl halides is 3. The van der Waals surface area contributed by atoms with Gasteiger partial charge in [0.15, 0.2) is 0 Å². The lowest BCUT2D eigenvalue weighted by atomic mass is 9.93. The number of carboxylic acids is 1. The van der Waals surface area contributed by atoms with Crippen LogP contribution in [0.3, 0.4) is 0 Å². The fourth-order valence-electron chi connectivity index (χ4n) is 1.35. The van der Waals surface area contributed by atoms with E-state index in [1.54, 1.807) is 13.8 Å². The Morgan fingerprint density at radius 1 is 1.22 bits per heavy atom. The van der Waals surface area contributed by atoms with E-state index in [2.05, 4.69) is 10.1 Å². The number of carbonyl (C=O) groups excluding carboxylic acids is 1. The van der Waals surface area contributed by atoms with Gasteiger partial charge in [0.2, 0.25) is 5.91 Å². The molecule has 0 bridgehead atoms. The molecule has 1 amide bonds. The third kappa shape index (κ3) is 5.35. The highest BCUT2D eigenvalue weighted by Crippen LogP contribution is 2.16. The first kappa shape index (κ1) is 16.7. The minimum atomic E-state index is -4.51. The lowest BCUT2D eigenvalue weighted by Gasteiger charge is -2.27. The lowest BCUT2D eigenvalue weighted by molar-refractivity contribution is -0.176. The number of halogens is 3. The summed E-state index contributed by atoms with van der Waals surface area (Å²) in [6.07, 6.45) is -4.26. The zero-order valence-electron chi connectivity index (χ0n) is 10.1. The molecule has 0 heterocycles. The van der Waals surface area contributed by atoms with E-state index < -0.39 is 36.8 Å². The van der Waals surface area contributed by atoms with Gasteiger partial charge in [0.05, 0.1) is 0 Å². The van der Waals surface area contributed by atoms with Gasteiger partial charge in [-0.3, -0.25) is 4.79 Å².